The van der Waals surface area contributed by atoms with Crippen molar-refractivity contribution in [2.45, 2.75) is 51.5 Å². The van der Waals surface area contributed by atoms with E-state index in [1.165, 1.54) is 38.5 Å². The zero-order valence-electron chi connectivity index (χ0n) is 12.9. The van der Waals surface area contributed by atoms with E-state index in [1.807, 2.05) is 18.2 Å². The summed E-state index contributed by atoms with van der Waals surface area (Å²) in [6.45, 7) is 2.31. The molecule has 0 aromatic heterocycles. The largest absolute Gasteiger partial charge is 0.497 e. The first-order valence-electron chi connectivity index (χ1n) is 7.74. The standard InChI is InChI=1S/C17H27NO2/c1-4-13-6-5-7-14(9-8-13)18-15-10-16(19-2)12-17(11-15)20-3/h10-14,18H,4-9H2,1-3H3. The van der Waals surface area contributed by atoms with Crippen LogP contribution >= 0.6 is 0 Å². The van der Waals surface area contributed by atoms with Gasteiger partial charge in [0.15, 0.2) is 0 Å². The van der Waals surface area contributed by atoms with Crippen molar-refractivity contribution in [2.75, 3.05) is 19.5 Å². The molecule has 20 heavy (non-hydrogen) atoms. The van der Waals surface area contributed by atoms with Crippen LogP contribution < -0.4 is 14.8 Å². The molecule has 1 aliphatic carbocycles. The monoisotopic (exact) mass is 277 g/mol. The first-order valence-corrected chi connectivity index (χ1v) is 7.74. The fraction of sp³-hybridized carbons (Fsp3) is 0.647. The third-order valence-corrected chi connectivity index (χ3v) is 4.39. The summed E-state index contributed by atoms with van der Waals surface area (Å²) < 4.78 is 10.7. The molecule has 0 saturated heterocycles. The quantitative estimate of drug-likeness (QED) is 0.805. The van der Waals surface area contributed by atoms with E-state index in [-0.39, 0.29) is 0 Å². The van der Waals surface area contributed by atoms with Crippen LogP contribution in [0.5, 0.6) is 11.5 Å². The van der Waals surface area contributed by atoms with Gasteiger partial charge < -0.3 is 14.8 Å². The Kier molecular flexibility index (Phi) is 5.57. The molecule has 0 amide bonds. The molecule has 1 N–H and O–H groups in total. The summed E-state index contributed by atoms with van der Waals surface area (Å²) in [7, 11) is 3.38. The first-order chi connectivity index (χ1) is 9.75. The van der Waals surface area contributed by atoms with Crippen LogP contribution in [0.25, 0.3) is 0 Å². The smallest absolute Gasteiger partial charge is 0.124 e. The maximum atomic E-state index is 5.33. The lowest BCUT2D eigenvalue weighted by Crippen LogP contribution is -2.18. The van der Waals surface area contributed by atoms with Gasteiger partial charge in [-0.15, -0.1) is 0 Å². The Labute approximate surface area is 122 Å². The fourth-order valence-electron chi connectivity index (χ4n) is 3.06. The number of hydrogen-bond acceptors (Lipinski definition) is 3. The predicted octanol–water partition coefficient (Wildman–Crippen LogP) is 4.47. The lowest BCUT2D eigenvalue weighted by atomic mass is 9.98. The van der Waals surface area contributed by atoms with Gasteiger partial charge in [0, 0.05) is 29.9 Å². The van der Waals surface area contributed by atoms with Gasteiger partial charge in [0.25, 0.3) is 0 Å². The molecule has 0 spiro atoms. The normalized spacial score (nSPS) is 22.9. The van der Waals surface area contributed by atoms with Crippen LogP contribution in [0.15, 0.2) is 18.2 Å². The number of ether oxygens (including phenoxy) is 2. The van der Waals surface area contributed by atoms with Crippen molar-refractivity contribution in [3.8, 4) is 11.5 Å². The molecule has 0 heterocycles. The Balaban J connectivity index is 2.01. The van der Waals surface area contributed by atoms with Gasteiger partial charge in [-0.25, -0.2) is 0 Å². The van der Waals surface area contributed by atoms with Crippen molar-refractivity contribution < 1.29 is 9.47 Å². The number of rotatable bonds is 5. The maximum Gasteiger partial charge on any atom is 0.124 e. The van der Waals surface area contributed by atoms with Crippen molar-refractivity contribution >= 4 is 5.69 Å². The summed E-state index contributed by atoms with van der Waals surface area (Å²) in [5.74, 6) is 2.60. The average molecular weight is 277 g/mol. The maximum absolute atomic E-state index is 5.33. The Morgan fingerprint density at radius 1 is 1.00 bits per heavy atom. The number of benzene rings is 1. The second-order valence-corrected chi connectivity index (χ2v) is 5.73. The Bertz CT molecular complexity index is 397. The molecular weight excluding hydrogens is 250 g/mol. The summed E-state index contributed by atoms with van der Waals surface area (Å²) in [6, 6.07) is 6.57. The molecular formula is C17H27NO2. The molecule has 2 unspecified atom stereocenters. The van der Waals surface area contributed by atoms with Gasteiger partial charge in [-0.2, -0.15) is 0 Å². The number of methoxy groups -OCH3 is 2. The van der Waals surface area contributed by atoms with Crippen LogP contribution in [0.3, 0.4) is 0 Å². The molecule has 0 aliphatic heterocycles. The highest BCUT2D eigenvalue weighted by molar-refractivity contribution is 5.54. The minimum atomic E-state index is 0.573. The summed E-state index contributed by atoms with van der Waals surface area (Å²) >= 11 is 0. The zero-order valence-corrected chi connectivity index (χ0v) is 12.9. The molecule has 3 heteroatoms. The topological polar surface area (TPSA) is 30.5 Å². The molecule has 2 rings (SSSR count). The third-order valence-electron chi connectivity index (χ3n) is 4.39. The second-order valence-electron chi connectivity index (χ2n) is 5.73. The van der Waals surface area contributed by atoms with Crippen LogP contribution in [0.4, 0.5) is 5.69 Å². The molecule has 112 valence electrons. The molecule has 1 aliphatic rings. The second kappa shape index (κ2) is 7.41. The zero-order chi connectivity index (χ0) is 14.4. The van der Waals surface area contributed by atoms with Gasteiger partial charge in [-0.1, -0.05) is 26.2 Å². The van der Waals surface area contributed by atoms with Crippen molar-refractivity contribution in [1.82, 2.24) is 0 Å². The summed E-state index contributed by atoms with van der Waals surface area (Å²) in [4.78, 5) is 0. The van der Waals surface area contributed by atoms with Crippen molar-refractivity contribution in [3.63, 3.8) is 0 Å². The summed E-state index contributed by atoms with van der Waals surface area (Å²) in [6.07, 6.45) is 7.90. The number of hydrogen-bond donors (Lipinski definition) is 1. The molecule has 1 saturated carbocycles. The van der Waals surface area contributed by atoms with E-state index in [1.54, 1.807) is 14.2 Å². The molecule has 1 fully saturated rings. The Hall–Kier alpha value is -1.38. The molecule has 1 aromatic carbocycles. The Morgan fingerprint density at radius 2 is 1.70 bits per heavy atom. The van der Waals surface area contributed by atoms with Gasteiger partial charge in [-0.05, 0) is 25.2 Å². The van der Waals surface area contributed by atoms with Gasteiger partial charge in [0.1, 0.15) is 11.5 Å². The highest BCUT2D eigenvalue weighted by Crippen LogP contribution is 2.30. The first kappa shape index (κ1) is 15.0. The van der Waals surface area contributed by atoms with E-state index in [4.69, 9.17) is 9.47 Å². The van der Waals surface area contributed by atoms with Crippen molar-refractivity contribution in [2.24, 2.45) is 5.92 Å². The lowest BCUT2D eigenvalue weighted by Gasteiger charge is -2.19. The highest BCUT2D eigenvalue weighted by Gasteiger charge is 2.18. The van der Waals surface area contributed by atoms with Crippen molar-refractivity contribution in [1.29, 1.82) is 0 Å². The van der Waals surface area contributed by atoms with Crippen LogP contribution in [0.2, 0.25) is 0 Å². The van der Waals surface area contributed by atoms with E-state index < -0.39 is 0 Å². The van der Waals surface area contributed by atoms with Gasteiger partial charge in [0.2, 0.25) is 0 Å². The van der Waals surface area contributed by atoms with Gasteiger partial charge >= 0.3 is 0 Å². The number of nitrogens with one attached hydrogen (secondary N) is 1. The molecule has 1 aromatic rings. The molecule has 0 radical (unpaired) electrons. The van der Waals surface area contributed by atoms with E-state index in [0.717, 1.165) is 23.1 Å². The minimum absolute atomic E-state index is 0.573. The van der Waals surface area contributed by atoms with E-state index in [2.05, 4.69) is 12.2 Å². The van der Waals surface area contributed by atoms with Crippen molar-refractivity contribution in [3.05, 3.63) is 18.2 Å². The van der Waals surface area contributed by atoms with Gasteiger partial charge in [0.05, 0.1) is 14.2 Å². The third kappa shape index (κ3) is 4.06. The SMILES string of the molecule is CCC1CCCC(Nc2cc(OC)cc(OC)c2)CC1. The van der Waals surface area contributed by atoms with Crippen LogP contribution in [-0.2, 0) is 0 Å². The predicted molar refractivity (Wildman–Crippen MR) is 83.8 cm³/mol. The van der Waals surface area contributed by atoms with Crippen LogP contribution in [0, 0.1) is 5.92 Å². The van der Waals surface area contributed by atoms with E-state index in [9.17, 15) is 0 Å². The average Bonchev–Trinajstić information content (AvgIpc) is 2.72. The van der Waals surface area contributed by atoms with Crippen LogP contribution in [-0.4, -0.2) is 20.3 Å². The lowest BCUT2D eigenvalue weighted by molar-refractivity contribution is 0.394. The van der Waals surface area contributed by atoms with Crippen LogP contribution in [0.1, 0.15) is 45.4 Å². The fourth-order valence-corrected chi connectivity index (χ4v) is 3.06. The van der Waals surface area contributed by atoms with E-state index in [0.29, 0.717) is 6.04 Å². The molecule has 0 bridgehead atoms. The minimum Gasteiger partial charge on any atom is -0.497 e. The van der Waals surface area contributed by atoms with E-state index >= 15 is 0 Å². The number of anilines is 1. The molecule has 3 nitrogen and oxygen atoms in total. The summed E-state index contributed by atoms with van der Waals surface area (Å²) in [5.41, 5.74) is 1.10. The Morgan fingerprint density at radius 3 is 2.30 bits per heavy atom. The van der Waals surface area contributed by atoms with Gasteiger partial charge in [-0.3, -0.25) is 0 Å². The highest BCUT2D eigenvalue weighted by atomic mass is 16.5. The summed E-state index contributed by atoms with van der Waals surface area (Å²) in [5, 5.41) is 3.65. The molecule has 2 atom stereocenters.